The van der Waals surface area contributed by atoms with Gasteiger partial charge in [-0.05, 0) is 55.9 Å². The Balaban J connectivity index is 2.16. The fourth-order valence-corrected chi connectivity index (χ4v) is 2.19. The Morgan fingerprint density at radius 3 is 2.73 bits per heavy atom. The van der Waals surface area contributed by atoms with E-state index in [0.717, 1.165) is 41.3 Å². The Hall–Kier alpha value is -0.540. The molecule has 0 aromatic heterocycles. The second kappa shape index (κ2) is 3.80. The van der Waals surface area contributed by atoms with Crippen LogP contribution >= 0.6 is 15.9 Å². The molecule has 0 spiro atoms. The number of phenolic OH excluding ortho intramolecular Hbond substituents is 1. The molecule has 15 heavy (non-hydrogen) atoms. The molecule has 1 fully saturated rings. The van der Waals surface area contributed by atoms with Gasteiger partial charge in [-0.3, -0.25) is 0 Å². The maximum absolute atomic E-state index is 9.77. The van der Waals surface area contributed by atoms with Crippen LogP contribution in [0.3, 0.4) is 0 Å². The molecule has 3 N–H and O–H groups in total. The zero-order valence-electron chi connectivity index (χ0n) is 8.89. The van der Waals surface area contributed by atoms with Crippen LogP contribution in [-0.2, 0) is 6.42 Å². The molecule has 1 aliphatic rings. The van der Waals surface area contributed by atoms with Gasteiger partial charge >= 0.3 is 0 Å². The van der Waals surface area contributed by atoms with Gasteiger partial charge in [0.1, 0.15) is 5.75 Å². The number of phenols is 1. The van der Waals surface area contributed by atoms with Gasteiger partial charge in [-0.2, -0.15) is 0 Å². The smallest absolute Gasteiger partial charge is 0.119 e. The predicted octanol–water partition coefficient (Wildman–Crippen LogP) is 2.89. The number of aromatic hydroxyl groups is 1. The van der Waals surface area contributed by atoms with E-state index in [2.05, 4.69) is 15.9 Å². The lowest BCUT2D eigenvalue weighted by atomic mass is 9.99. The maximum atomic E-state index is 9.77. The minimum absolute atomic E-state index is 0.0567. The SMILES string of the molecule is Cc1c(Br)ccc(O)c1CCC1(N)CC1. The van der Waals surface area contributed by atoms with Crippen molar-refractivity contribution in [3.05, 3.63) is 27.7 Å². The first-order chi connectivity index (χ1) is 7.02. The molecule has 0 radical (unpaired) electrons. The second-order valence-corrected chi connectivity index (χ2v) is 5.39. The van der Waals surface area contributed by atoms with Crippen molar-refractivity contribution in [2.45, 2.75) is 38.1 Å². The first kappa shape index (κ1) is 11.0. The summed E-state index contributed by atoms with van der Waals surface area (Å²) in [5, 5.41) is 9.77. The molecule has 1 aliphatic carbocycles. The summed E-state index contributed by atoms with van der Waals surface area (Å²) in [6.45, 7) is 2.02. The molecule has 2 rings (SSSR count). The van der Waals surface area contributed by atoms with Crippen molar-refractivity contribution >= 4 is 15.9 Å². The largest absolute Gasteiger partial charge is 0.508 e. The molecule has 3 heteroatoms. The van der Waals surface area contributed by atoms with Crippen LogP contribution in [0, 0.1) is 6.92 Å². The van der Waals surface area contributed by atoms with Gasteiger partial charge in [-0.15, -0.1) is 0 Å². The highest BCUT2D eigenvalue weighted by molar-refractivity contribution is 9.10. The van der Waals surface area contributed by atoms with Crippen molar-refractivity contribution in [3.63, 3.8) is 0 Å². The molecule has 0 atom stereocenters. The van der Waals surface area contributed by atoms with Crippen LogP contribution in [0.2, 0.25) is 0 Å². The first-order valence-electron chi connectivity index (χ1n) is 5.28. The van der Waals surface area contributed by atoms with Crippen LogP contribution < -0.4 is 5.73 Å². The molecule has 0 bridgehead atoms. The minimum Gasteiger partial charge on any atom is -0.508 e. The van der Waals surface area contributed by atoms with E-state index in [1.165, 1.54) is 0 Å². The number of nitrogens with two attached hydrogens (primary N) is 1. The van der Waals surface area contributed by atoms with Crippen LogP contribution in [0.1, 0.15) is 30.4 Å². The minimum atomic E-state index is 0.0567. The number of benzene rings is 1. The molecular weight excluding hydrogens is 254 g/mol. The molecule has 0 aliphatic heterocycles. The zero-order chi connectivity index (χ0) is 11.1. The average molecular weight is 270 g/mol. The average Bonchev–Trinajstić information content (AvgIpc) is 2.91. The fraction of sp³-hybridized carbons (Fsp3) is 0.500. The summed E-state index contributed by atoms with van der Waals surface area (Å²) in [5.41, 5.74) is 8.25. The third-order valence-corrected chi connectivity index (χ3v) is 4.13. The van der Waals surface area contributed by atoms with E-state index < -0.39 is 0 Å². The predicted molar refractivity (Wildman–Crippen MR) is 65.0 cm³/mol. The summed E-state index contributed by atoms with van der Waals surface area (Å²) in [6.07, 6.45) is 4.09. The van der Waals surface area contributed by atoms with E-state index in [4.69, 9.17) is 5.73 Å². The quantitative estimate of drug-likeness (QED) is 0.887. The van der Waals surface area contributed by atoms with Gasteiger partial charge < -0.3 is 10.8 Å². The summed E-state index contributed by atoms with van der Waals surface area (Å²) >= 11 is 3.47. The normalized spacial score (nSPS) is 17.8. The van der Waals surface area contributed by atoms with E-state index in [1.807, 2.05) is 13.0 Å². The molecule has 2 nitrogen and oxygen atoms in total. The van der Waals surface area contributed by atoms with Crippen molar-refractivity contribution in [2.75, 3.05) is 0 Å². The van der Waals surface area contributed by atoms with Gasteiger partial charge in [0.15, 0.2) is 0 Å². The van der Waals surface area contributed by atoms with Gasteiger partial charge in [-0.1, -0.05) is 15.9 Å². The number of halogens is 1. The van der Waals surface area contributed by atoms with Crippen molar-refractivity contribution < 1.29 is 5.11 Å². The molecule has 0 unspecified atom stereocenters. The van der Waals surface area contributed by atoms with E-state index in [9.17, 15) is 5.11 Å². The molecular formula is C12H16BrNO. The summed E-state index contributed by atoms with van der Waals surface area (Å²) in [5.74, 6) is 0.389. The molecule has 1 aromatic carbocycles. The molecule has 1 saturated carbocycles. The summed E-state index contributed by atoms with van der Waals surface area (Å²) < 4.78 is 1.05. The summed E-state index contributed by atoms with van der Waals surface area (Å²) in [7, 11) is 0. The third-order valence-electron chi connectivity index (χ3n) is 3.27. The summed E-state index contributed by atoms with van der Waals surface area (Å²) in [4.78, 5) is 0. The molecule has 1 aromatic rings. The van der Waals surface area contributed by atoms with Gasteiger partial charge in [0.25, 0.3) is 0 Å². The Labute approximate surface area is 98.6 Å². The highest BCUT2D eigenvalue weighted by atomic mass is 79.9. The Bertz CT molecular complexity index is 385. The topological polar surface area (TPSA) is 46.2 Å². The first-order valence-corrected chi connectivity index (χ1v) is 6.07. The van der Waals surface area contributed by atoms with Gasteiger partial charge in [0.05, 0.1) is 0 Å². The van der Waals surface area contributed by atoms with Gasteiger partial charge in [-0.25, -0.2) is 0 Å². The third kappa shape index (κ3) is 2.34. The molecule has 0 heterocycles. The van der Waals surface area contributed by atoms with Crippen LogP contribution in [0.4, 0.5) is 0 Å². The lowest BCUT2D eigenvalue weighted by molar-refractivity contribution is 0.463. The summed E-state index contributed by atoms with van der Waals surface area (Å²) in [6, 6.07) is 3.62. The van der Waals surface area contributed by atoms with E-state index in [-0.39, 0.29) is 5.54 Å². The fourth-order valence-electron chi connectivity index (χ4n) is 1.81. The van der Waals surface area contributed by atoms with E-state index in [1.54, 1.807) is 6.07 Å². The zero-order valence-corrected chi connectivity index (χ0v) is 10.5. The standard InChI is InChI=1S/C12H16BrNO/c1-8-9(4-5-12(14)6-7-12)11(15)3-2-10(8)13/h2-3,15H,4-7,14H2,1H3. The molecule has 0 saturated heterocycles. The number of hydrogen-bond donors (Lipinski definition) is 2. The Morgan fingerprint density at radius 2 is 2.13 bits per heavy atom. The maximum Gasteiger partial charge on any atom is 0.119 e. The van der Waals surface area contributed by atoms with Crippen molar-refractivity contribution in [1.29, 1.82) is 0 Å². The highest BCUT2D eigenvalue weighted by Gasteiger charge is 2.37. The lowest BCUT2D eigenvalue weighted by Gasteiger charge is -2.12. The van der Waals surface area contributed by atoms with Crippen molar-refractivity contribution in [1.82, 2.24) is 0 Å². The van der Waals surface area contributed by atoms with Crippen LogP contribution in [-0.4, -0.2) is 10.6 Å². The monoisotopic (exact) mass is 269 g/mol. The molecule has 82 valence electrons. The van der Waals surface area contributed by atoms with E-state index >= 15 is 0 Å². The number of hydrogen-bond acceptors (Lipinski definition) is 2. The van der Waals surface area contributed by atoms with Crippen LogP contribution in [0.25, 0.3) is 0 Å². The molecule has 0 amide bonds. The van der Waals surface area contributed by atoms with E-state index in [0.29, 0.717) is 5.75 Å². The van der Waals surface area contributed by atoms with Crippen LogP contribution in [0.5, 0.6) is 5.75 Å². The van der Waals surface area contributed by atoms with Crippen molar-refractivity contribution in [2.24, 2.45) is 5.73 Å². The van der Waals surface area contributed by atoms with Gasteiger partial charge in [0, 0.05) is 10.0 Å². The van der Waals surface area contributed by atoms with Crippen molar-refractivity contribution in [3.8, 4) is 5.75 Å². The highest BCUT2D eigenvalue weighted by Crippen LogP contribution is 2.38. The second-order valence-electron chi connectivity index (χ2n) is 4.53. The lowest BCUT2D eigenvalue weighted by Crippen LogP contribution is -2.22. The Morgan fingerprint density at radius 1 is 1.47 bits per heavy atom. The number of rotatable bonds is 3. The van der Waals surface area contributed by atoms with Gasteiger partial charge in [0.2, 0.25) is 0 Å². The Kier molecular flexibility index (Phi) is 2.77. The van der Waals surface area contributed by atoms with Crippen LogP contribution in [0.15, 0.2) is 16.6 Å².